The second-order valence-corrected chi connectivity index (χ2v) is 6.61. The van der Waals surface area contributed by atoms with Gasteiger partial charge in [0.1, 0.15) is 17.2 Å². The monoisotopic (exact) mass is 349 g/mol. The zero-order chi connectivity index (χ0) is 13.9. The lowest BCUT2D eigenvalue weighted by molar-refractivity contribution is 0.911. The lowest BCUT2D eigenvalue weighted by Crippen LogP contribution is -2.01. The van der Waals surface area contributed by atoms with E-state index in [1.807, 2.05) is 0 Å². The Labute approximate surface area is 131 Å². The Hall–Kier alpha value is -1.07. The maximum atomic E-state index is 4.37. The molecule has 1 aliphatic rings. The maximum Gasteiger partial charge on any atom is 0.144 e. The molecule has 3 nitrogen and oxygen atoms in total. The van der Waals surface area contributed by atoms with Gasteiger partial charge in [-0.15, -0.1) is 0 Å². The molecule has 0 unspecified atom stereocenters. The molecule has 0 atom stereocenters. The van der Waals surface area contributed by atoms with Crippen molar-refractivity contribution in [1.82, 2.24) is 9.97 Å². The average Bonchev–Trinajstić information content (AvgIpc) is 2.91. The SMILES string of the molecule is CCNc1ncnc(Sc2ccc3c(c2)CCC3)c1Br. The molecule has 3 rings (SSSR count). The molecule has 2 aromatic rings. The van der Waals surface area contributed by atoms with E-state index >= 15 is 0 Å². The van der Waals surface area contributed by atoms with E-state index < -0.39 is 0 Å². The van der Waals surface area contributed by atoms with E-state index in [9.17, 15) is 0 Å². The summed E-state index contributed by atoms with van der Waals surface area (Å²) in [5.41, 5.74) is 3.00. The van der Waals surface area contributed by atoms with Crippen LogP contribution >= 0.6 is 27.7 Å². The zero-order valence-corrected chi connectivity index (χ0v) is 13.7. The largest absolute Gasteiger partial charge is 0.369 e. The average molecular weight is 350 g/mol. The van der Waals surface area contributed by atoms with E-state index in [2.05, 4.69) is 56.3 Å². The maximum absolute atomic E-state index is 4.37. The summed E-state index contributed by atoms with van der Waals surface area (Å²) >= 11 is 5.28. The minimum absolute atomic E-state index is 0.846. The molecule has 0 saturated heterocycles. The van der Waals surface area contributed by atoms with Crippen molar-refractivity contribution in [2.24, 2.45) is 0 Å². The molecule has 0 radical (unpaired) electrons. The highest BCUT2D eigenvalue weighted by molar-refractivity contribution is 9.10. The number of nitrogens with one attached hydrogen (secondary N) is 1. The third-order valence-corrected chi connectivity index (χ3v) is 5.39. The van der Waals surface area contributed by atoms with Gasteiger partial charge in [0.2, 0.25) is 0 Å². The number of fused-ring (bicyclic) bond motifs is 1. The molecule has 20 heavy (non-hydrogen) atoms. The van der Waals surface area contributed by atoms with Gasteiger partial charge in [-0.2, -0.15) is 0 Å². The minimum atomic E-state index is 0.846. The summed E-state index contributed by atoms with van der Waals surface area (Å²) in [6, 6.07) is 6.75. The quantitative estimate of drug-likeness (QED) is 0.834. The molecule has 1 aliphatic carbocycles. The molecule has 1 heterocycles. The molecular weight excluding hydrogens is 334 g/mol. The Morgan fingerprint density at radius 2 is 2.10 bits per heavy atom. The predicted molar refractivity (Wildman–Crippen MR) is 86.5 cm³/mol. The summed E-state index contributed by atoms with van der Waals surface area (Å²) in [5.74, 6) is 0.853. The summed E-state index contributed by atoms with van der Waals surface area (Å²) in [5, 5.41) is 4.19. The van der Waals surface area contributed by atoms with Crippen LogP contribution in [-0.4, -0.2) is 16.5 Å². The van der Waals surface area contributed by atoms with Gasteiger partial charge in [0, 0.05) is 11.4 Å². The summed E-state index contributed by atoms with van der Waals surface area (Å²) in [4.78, 5) is 9.86. The Balaban J connectivity index is 1.86. The number of halogens is 1. The molecule has 0 aliphatic heterocycles. The Morgan fingerprint density at radius 3 is 2.95 bits per heavy atom. The van der Waals surface area contributed by atoms with Gasteiger partial charge in [-0.3, -0.25) is 0 Å². The van der Waals surface area contributed by atoms with E-state index in [1.54, 1.807) is 18.1 Å². The lowest BCUT2D eigenvalue weighted by atomic mass is 10.1. The molecule has 1 aromatic heterocycles. The first kappa shape index (κ1) is 13.9. The third-order valence-electron chi connectivity index (χ3n) is 3.39. The van der Waals surface area contributed by atoms with Crippen LogP contribution < -0.4 is 5.32 Å². The topological polar surface area (TPSA) is 37.8 Å². The first-order valence-corrected chi connectivity index (χ1v) is 8.43. The summed E-state index contributed by atoms with van der Waals surface area (Å²) in [6.07, 6.45) is 5.32. The van der Waals surface area contributed by atoms with Crippen LogP contribution in [0.3, 0.4) is 0 Å². The minimum Gasteiger partial charge on any atom is -0.369 e. The van der Waals surface area contributed by atoms with Crippen molar-refractivity contribution < 1.29 is 0 Å². The standard InChI is InChI=1S/C15H16BrN3S/c1-2-17-14-13(16)15(19-9-18-14)20-12-7-6-10-4-3-5-11(10)8-12/h6-9H,2-5H2,1H3,(H,17,18,19). The zero-order valence-electron chi connectivity index (χ0n) is 11.3. The van der Waals surface area contributed by atoms with Crippen LogP contribution in [0.4, 0.5) is 5.82 Å². The van der Waals surface area contributed by atoms with E-state index in [4.69, 9.17) is 0 Å². The van der Waals surface area contributed by atoms with E-state index in [0.717, 1.165) is 21.9 Å². The van der Waals surface area contributed by atoms with Crippen molar-refractivity contribution in [2.75, 3.05) is 11.9 Å². The lowest BCUT2D eigenvalue weighted by Gasteiger charge is -2.09. The van der Waals surface area contributed by atoms with Crippen molar-refractivity contribution in [3.63, 3.8) is 0 Å². The van der Waals surface area contributed by atoms with E-state index in [1.165, 1.54) is 35.3 Å². The van der Waals surface area contributed by atoms with Crippen LogP contribution in [0.15, 0.2) is 38.9 Å². The summed E-state index contributed by atoms with van der Waals surface area (Å²) < 4.78 is 0.937. The number of anilines is 1. The van der Waals surface area contributed by atoms with Gasteiger partial charge < -0.3 is 5.32 Å². The van der Waals surface area contributed by atoms with Gasteiger partial charge in [-0.25, -0.2) is 9.97 Å². The Morgan fingerprint density at radius 1 is 1.25 bits per heavy atom. The fourth-order valence-corrected chi connectivity index (χ4v) is 3.87. The number of nitrogens with zero attached hydrogens (tertiary/aromatic N) is 2. The van der Waals surface area contributed by atoms with Crippen LogP contribution in [0.1, 0.15) is 24.5 Å². The Bertz CT molecular complexity index is 631. The second kappa shape index (κ2) is 6.14. The molecule has 104 valence electrons. The van der Waals surface area contributed by atoms with Gasteiger partial charge in [0.05, 0.1) is 4.47 Å². The third kappa shape index (κ3) is 2.83. The van der Waals surface area contributed by atoms with Crippen molar-refractivity contribution in [3.8, 4) is 0 Å². The summed E-state index contributed by atoms with van der Waals surface area (Å²) in [7, 11) is 0. The fourth-order valence-electron chi connectivity index (χ4n) is 2.44. The van der Waals surface area contributed by atoms with Gasteiger partial charge in [-0.1, -0.05) is 17.8 Å². The second-order valence-electron chi connectivity index (χ2n) is 4.76. The van der Waals surface area contributed by atoms with Crippen LogP contribution in [-0.2, 0) is 12.8 Å². The molecule has 5 heteroatoms. The van der Waals surface area contributed by atoms with Crippen molar-refractivity contribution in [3.05, 3.63) is 40.1 Å². The molecule has 0 fully saturated rings. The molecule has 1 aromatic carbocycles. The van der Waals surface area contributed by atoms with E-state index in [0.29, 0.717) is 0 Å². The highest BCUT2D eigenvalue weighted by Gasteiger charge is 2.13. The Kier molecular flexibility index (Phi) is 4.27. The molecule has 0 saturated carbocycles. The van der Waals surface area contributed by atoms with Crippen molar-refractivity contribution in [1.29, 1.82) is 0 Å². The highest BCUT2D eigenvalue weighted by atomic mass is 79.9. The number of hydrogen-bond acceptors (Lipinski definition) is 4. The molecule has 1 N–H and O–H groups in total. The number of benzene rings is 1. The van der Waals surface area contributed by atoms with Gasteiger partial charge in [-0.05, 0) is 65.4 Å². The van der Waals surface area contributed by atoms with Crippen LogP contribution in [0, 0.1) is 0 Å². The molecule has 0 bridgehead atoms. The molecule has 0 amide bonds. The first-order chi connectivity index (χ1) is 9.78. The van der Waals surface area contributed by atoms with Crippen molar-refractivity contribution >= 4 is 33.5 Å². The first-order valence-electron chi connectivity index (χ1n) is 6.82. The summed E-state index contributed by atoms with van der Waals surface area (Å²) in [6.45, 7) is 2.90. The van der Waals surface area contributed by atoms with Crippen LogP contribution in [0.5, 0.6) is 0 Å². The number of hydrogen-bond donors (Lipinski definition) is 1. The van der Waals surface area contributed by atoms with Gasteiger partial charge in [0.15, 0.2) is 0 Å². The fraction of sp³-hybridized carbons (Fsp3) is 0.333. The smallest absolute Gasteiger partial charge is 0.144 e. The predicted octanol–water partition coefficient (Wildman–Crippen LogP) is 4.31. The number of rotatable bonds is 4. The van der Waals surface area contributed by atoms with Crippen molar-refractivity contribution in [2.45, 2.75) is 36.1 Å². The van der Waals surface area contributed by atoms with E-state index in [-0.39, 0.29) is 0 Å². The van der Waals surface area contributed by atoms with Crippen LogP contribution in [0.25, 0.3) is 0 Å². The number of aryl methyl sites for hydroxylation is 2. The molecule has 0 spiro atoms. The molecular formula is C15H16BrN3S. The highest BCUT2D eigenvalue weighted by Crippen LogP contribution is 2.36. The van der Waals surface area contributed by atoms with Gasteiger partial charge in [0.25, 0.3) is 0 Å². The number of aromatic nitrogens is 2. The van der Waals surface area contributed by atoms with Crippen LogP contribution in [0.2, 0.25) is 0 Å². The normalized spacial score (nSPS) is 13.3. The van der Waals surface area contributed by atoms with Gasteiger partial charge >= 0.3 is 0 Å².